The normalized spacial score (nSPS) is 11.8. The Hall–Kier alpha value is -5.16. The maximum absolute atomic E-state index is 4.92. The zero-order valence-corrected chi connectivity index (χ0v) is 19.8. The summed E-state index contributed by atoms with van der Waals surface area (Å²) in [5.41, 5.74) is 6.66. The Bertz CT molecular complexity index is 2080. The fraction of sp³-hybridized carbons (Fsp3) is 0. The van der Waals surface area contributed by atoms with E-state index in [2.05, 4.69) is 110 Å². The average molecular weight is 476 g/mol. The van der Waals surface area contributed by atoms with Gasteiger partial charge in [0.25, 0.3) is 0 Å². The lowest BCUT2D eigenvalue weighted by Gasteiger charge is -2.08. The molecule has 3 heterocycles. The van der Waals surface area contributed by atoms with Crippen LogP contribution in [0.4, 0.5) is 0 Å². The molecule has 0 aliphatic carbocycles. The van der Waals surface area contributed by atoms with Gasteiger partial charge < -0.3 is 4.57 Å². The molecule has 0 saturated heterocycles. The lowest BCUT2D eigenvalue weighted by molar-refractivity contribution is 0.990. The van der Waals surface area contributed by atoms with Crippen molar-refractivity contribution in [3.63, 3.8) is 0 Å². The van der Waals surface area contributed by atoms with Gasteiger partial charge >= 0.3 is 0 Å². The molecule has 0 bridgehead atoms. The summed E-state index contributed by atoms with van der Waals surface area (Å²) < 4.78 is 4.54. The van der Waals surface area contributed by atoms with Crippen molar-refractivity contribution in [2.45, 2.75) is 0 Å². The molecule has 0 aliphatic rings. The highest BCUT2D eigenvalue weighted by atomic mass is 15.3. The minimum Gasteiger partial charge on any atom is -0.309 e. The van der Waals surface area contributed by atoms with Crippen LogP contribution in [0.2, 0.25) is 0 Å². The van der Waals surface area contributed by atoms with Gasteiger partial charge in [-0.05, 0) is 36.4 Å². The molecule has 0 fully saturated rings. The molecule has 5 heteroatoms. The van der Waals surface area contributed by atoms with Crippen LogP contribution < -0.4 is 0 Å². The Balaban J connectivity index is 1.49. The summed E-state index contributed by atoms with van der Waals surface area (Å²) in [6, 6.07) is 42.4. The summed E-state index contributed by atoms with van der Waals surface area (Å²) in [7, 11) is 0. The van der Waals surface area contributed by atoms with Gasteiger partial charge in [-0.25, -0.2) is 5.10 Å². The van der Waals surface area contributed by atoms with E-state index >= 15 is 0 Å². The predicted molar refractivity (Wildman–Crippen MR) is 150 cm³/mol. The van der Waals surface area contributed by atoms with Gasteiger partial charge in [0.1, 0.15) is 0 Å². The van der Waals surface area contributed by atoms with E-state index in [1.165, 1.54) is 27.1 Å². The fourth-order valence-corrected chi connectivity index (χ4v) is 5.58. The number of hydrogen-bond acceptors (Lipinski definition) is 2. The number of fused-ring (bicyclic) bond motifs is 6. The lowest BCUT2D eigenvalue weighted by Crippen LogP contribution is -1.97. The summed E-state index contributed by atoms with van der Waals surface area (Å²) in [6.07, 6.45) is 0. The number of nitrogens with one attached hydrogen (secondary N) is 1. The standard InChI is InChI=1S/C32H21N5/c1-3-11-21(12-4-1)31-33-32(35-34-31)37-28-18-10-8-16-24(28)26-19-25-23-15-7-9-17-27(23)36(29(25)20-30(26)37)22-13-5-2-6-14-22/h1-20H,(H,33,34,35). The van der Waals surface area contributed by atoms with E-state index in [-0.39, 0.29) is 0 Å². The second-order valence-electron chi connectivity index (χ2n) is 9.28. The Morgan fingerprint density at radius 1 is 0.486 bits per heavy atom. The topological polar surface area (TPSA) is 51.4 Å². The second-order valence-corrected chi connectivity index (χ2v) is 9.28. The van der Waals surface area contributed by atoms with Gasteiger partial charge in [-0.2, -0.15) is 10.1 Å². The predicted octanol–water partition coefficient (Wildman–Crippen LogP) is 7.67. The number of nitrogens with zero attached hydrogens (tertiary/aromatic N) is 4. The number of aromatic amines is 1. The zero-order chi connectivity index (χ0) is 24.3. The van der Waals surface area contributed by atoms with Gasteiger partial charge in [-0.3, -0.25) is 4.57 Å². The Kier molecular flexibility index (Phi) is 4.16. The molecule has 3 aromatic heterocycles. The van der Waals surface area contributed by atoms with Crippen LogP contribution in [0.15, 0.2) is 121 Å². The molecule has 0 atom stereocenters. The van der Waals surface area contributed by atoms with Gasteiger partial charge in [0, 0.05) is 32.8 Å². The molecule has 0 amide bonds. The molecule has 0 unspecified atom stereocenters. The van der Waals surface area contributed by atoms with E-state index in [0.29, 0.717) is 11.8 Å². The number of hydrogen-bond donors (Lipinski definition) is 1. The maximum atomic E-state index is 4.92. The molecular weight excluding hydrogens is 454 g/mol. The van der Waals surface area contributed by atoms with Crippen LogP contribution in [0.25, 0.3) is 66.6 Å². The van der Waals surface area contributed by atoms with Crippen molar-refractivity contribution in [3.05, 3.63) is 121 Å². The van der Waals surface area contributed by atoms with Crippen molar-refractivity contribution in [3.8, 4) is 23.0 Å². The smallest absolute Gasteiger partial charge is 0.231 e. The first-order chi connectivity index (χ1) is 18.4. The highest BCUT2D eigenvalue weighted by Gasteiger charge is 2.19. The molecule has 174 valence electrons. The van der Waals surface area contributed by atoms with E-state index in [9.17, 15) is 0 Å². The van der Waals surface area contributed by atoms with Crippen molar-refractivity contribution < 1.29 is 0 Å². The molecule has 8 aromatic rings. The number of aromatic nitrogens is 5. The molecular formula is C32H21N5. The fourth-order valence-electron chi connectivity index (χ4n) is 5.58. The SMILES string of the molecule is c1ccc(-c2n[nH]c(-n3c4ccccc4c4cc5c6ccccc6n(-c6ccccc6)c5cc43)n2)cc1. The molecule has 0 aliphatic heterocycles. The number of rotatable bonds is 3. The van der Waals surface area contributed by atoms with Crippen LogP contribution in [0.3, 0.4) is 0 Å². The second kappa shape index (κ2) is 7.67. The van der Waals surface area contributed by atoms with Crippen molar-refractivity contribution >= 4 is 43.6 Å². The van der Waals surface area contributed by atoms with Crippen LogP contribution >= 0.6 is 0 Å². The minimum atomic E-state index is 0.681. The molecule has 1 N–H and O–H groups in total. The molecule has 0 spiro atoms. The van der Waals surface area contributed by atoms with Crippen LogP contribution in [0.1, 0.15) is 0 Å². The summed E-state index contributed by atoms with van der Waals surface area (Å²) >= 11 is 0. The van der Waals surface area contributed by atoms with Gasteiger partial charge in [-0.15, -0.1) is 0 Å². The van der Waals surface area contributed by atoms with Crippen LogP contribution in [0.5, 0.6) is 0 Å². The molecule has 0 saturated carbocycles. The van der Waals surface area contributed by atoms with E-state index < -0.39 is 0 Å². The molecule has 0 radical (unpaired) electrons. The number of para-hydroxylation sites is 3. The summed E-state index contributed by atoms with van der Waals surface area (Å²) in [5, 5.41) is 12.6. The van der Waals surface area contributed by atoms with Gasteiger partial charge in [-0.1, -0.05) is 84.9 Å². The van der Waals surface area contributed by atoms with E-state index in [1.54, 1.807) is 0 Å². The van der Waals surface area contributed by atoms with E-state index in [4.69, 9.17) is 4.98 Å². The Morgan fingerprint density at radius 2 is 1.05 bits per heavy atom. The first-order valence-corrected chi connectivity index (χ1v) is 12.4. The Labute approximate surface area is 212 Å². The van der Waals surface area contributed by atoms with Crippen molar-refractivity contribution in [2.75, 3.05) is 0 Å². The van der Waals surface area contributed by atoms with Crippen LogP contribution in [0, 0.1) is 0 Å². The summed E-state index contributed by atoms with van der Waals surface area (Å²) in [4.78, 5) is 4.92. The third-order valence-electron chi connectivity index (χ3n) is 7.20. The van der Waals surface area contributed by atoms with E-state index in [1.807, 2.05) is 30.3 Å². The van der Waals surface area contributed by atoms with E-state index in [0.717, 1.165) is 27.8 Å². The molecule has 5 nitrogen and oxygen atoms in total. The first kappa shape index (κ1) is 20.1. The van der Waals surface area contributed by atoms with Crippen molar-refractivity contribution in [1.82, 2.24) is 24.3 Å². The Morgan fingerprint density at radius 3 is 1.76 bits per heavy atom. The van der Waals surface area contributed by atoms with Crippen molar-refractivity contribution in [1.29, 1.82) is 0 Å². The molecule has 37 heavy (non-hydrogen) atoms. The highest BCUT2D eigenvalue weighted by Crippen LogP contribution is 2.39. The zero-order valence-electron chi connectivity index (χ0n) is 19.8. The third-order valence-corrected chi connectivity index (χ3v) is 7.20. The van der Waals surface area contributed by atoms with Crippen molar-refractivity contribution in [2.24, 2.45) is 0 Å². The minimum absolute atomic E-state index is 0.681. The molecule has 5 aromatic carbocycles. The monoisotopic (exact) mass is 475 g/mol. The molecule has 8 rings (SSSR count). The largest absolute Gasteiger partial charge is 0.309 e. The van der Waals surface area contributed by atoms with Crippen LogP contribution in [-0.4, -0.2) is 24.3 Å². The van der Waals surface area contributed by atoms with Gasteiger partial charge in [0.15, 0.2) is 5.82 Å². The van der Waals surface area contributed by atoms with Gasteiger partial charge in [0.05, 0.1) is 22.1 Å². The van der Waals surface area contributed by atoms with Gasteiger partial charge in [0.2, 0.25) is 5.95 Å². The maximum Gasteiger partial charge on any atom is 0.231 e. The number of benzene rings is 5. The number of H-pyrrole nitrogens is 1. The lowest BCUT2D eigenvalue weighted by atomic mass is 10.1. The highest BCUT2D eigenvalue weighted by molar-refractivity contribution is 6.19. The first-order valence-electron chi connectivity index (χ1n) is 12.4. The van der Waals surface area contributed by atoms with Crippen LogP contribution in [-0.2, 0) is 0 Å². The quantitative estimate of drug-likeness (QED) is 0.285. The third kappa shape index (κ3) is 2.91. The average Bonchev–Trinajstić information content (AvgIpc) is 3.65. The summed E-state index contributed by atoms with van der Waals surface area (Å²) in [6.45, 7) is 0. The summed E-state index contributed by atoms with van der Waals surface area (Å²) in [5.74, 6) is 1.38.